The average molecular weight is 253 g/mol. The van der Waals surface area contributed by atoms with E-state index in [1.165, 1.54) is 6.08 Å². The van der Waals surface area contributed by atoms with Gasteiger partial charge >= 0.3 is 0 Å². The Labute approximate surface area is 105 Å². The van der Waals surface area contributed by atoms with Gasteiger partial charge in [-0.25, -0.2) is 0 Å². The molecule has 0 fully saturated rings. The van der Waals surface area contributed by atoms with Crippen molar-refractivity contribution < 1.29 is 19.1 Å². The van der Waals surface area contributed by atoms with Crippen molar-refractivity contribution in [3.05, 3.63) is 46.1 Å². The van der Waals surface area contributed by atoms with E-state index in [1.807, 2.05) is 0 Å². The van der Waals surface area contributed by atoms with Gasteiger partial charge in [-0.05, 0) is 17.7 Å². The van der Waals surface area contributed by atoms with Gasteiger partial charge < -0.3 is 14.2 Å². The summed E-state index contributed by atoms with van der Waals surface area (Å²) < 4.78 is 15.2. The van der Waals surface area contributed by atoms with Crippen molar-refractivity contribution in [2.24, 2.45) is 0 Å². The third kappa shape index (κ3) is 5.97. The summed E-state index contributed by atoms with van der Waals surface area (Å²) in [6.07, 6.45) is 2.31. The second-order valence-electron chi connectivity index (χ2n) is 3.33. The summed E-state index contributed by atoms with van der Waals surface area (Å²) in [5.74, 6) is 0.644. The van der Waals surface area contributed by atoms with E-state index in [0.29, 0.717) is 19.0 Å². The number of nitrogens with zero attached hydrogens (tertiary/aromatic N) is 1. The monoisotopic (exact) mass is 253 g/mol. The summed E-state index contributed by atoms with van der Waals surface area (Å²) >= 11 is 0. The molecule has 0 bridgehead atoms. The predicted octanol–water partition coefficient (Wildman–Crippen LogP) is 1.93. The van der Waals surface area contributed by atoms with Gasteiger partial charge in [-0.3, -0.25) is 10.1 Å². The van der Waals surface area contributed by atoms with Crippen LogP contribution in [0.5, 0.6) is 5.75 Å². The Morgan fingerprint density at radius 3 is 2.61 bits per heavy atom. The zero-order chi connectivity index (χ0) is 13.2. The van der Waals surface area contributed by atoms with Crippen LogP contribution in [0.15, 0.2) is 30.5 Å². The maximum Gasteiger partial charge on any atom is 0.235 e. The summed E-state index contributed by atoms with van der Waals surface area (Å²) in [6.45, 7) is 1.14. The van der Waals surface area contributed by atoms with Crippen LogP contribution in [0.1, 0.15) is 5.56 Å². The molecule has 18 heavy (non-hydrogen) atoms. The lowest BCUT2D eigenvalue weighted by Gasteiger charge is -2.06. The largest absolute Gasteiger partial charge is 0.468 e. The van der Waals surface area contributed by atoms with Crippen molar-refractivity contribution >= 4 is 6.08 Å². The number of hydrogen-bond acceptors (Lipinski definition) is 5. The Hall–Kier alpha value is -1.92. The maximum absolute atomic E-state index is 10.1. The second kappa shape index (κ2) is 8.21. The highest BCUT2D eigenvalue weighted by Gasteiger charge is 1.95. The quantitative estimate of drug-likeness (QED) is 0.306. The number of methoxy groups -OCH3 is 1. The molecule has 0 N–H and O–H groups in total. The van der Waals surface area contributed by atoms with Crippen LogP contribution in [0.3, 0.4) is 0 Å². The van der Waals surface area contributed by atoms with Gasteiger partial charge in [0.25, 0.3) is 0 Å². The van der Waals surface area contributed by atoms with E-state index < -0.39 is 4.92 Å². The lowest BCUT2D eigenvalue weighted by atomic mass is 10.2. The van der Waals surface area contributed by atoms with Crippen LogP contribution < -0.4 is 4.74 Å². The van der Waals surface area contributed by atoms with Crippen LogP contribution in [0.2, 0.25) is 0 Å². The Kier molecular flexibility index (Phi) is 6.45. The first kappa shape index (κ1) is 14.1. The van der Waals surface area contributed by atoms with Crippen LogP contribution in [0.25, 0.3) is 6.08 Å². The molecule has 0 spiro atoms. The van der Waals surface area contributed by atoms with Gasteiger partial charge in [-0.2, -0.15) is 0 Å². The average Bonchev–Trinajstić information content (AvgIpc) is 2.37. The van der Waals surface area contributed by atoms with E-state index in [-0.39, 0.29) is 6.79 Å². The van der Waals surface area contributed by atoms with E-state index >= 15 is 0 Å². The highest BCUT2D eigenvalue weighted by Crippen LogP contribution is 2.13. The number of ether oxygens (including phenoxy) is 3. The Bertz CT molecular complexity index is 388. The lowest BCUT2D eigenvalue weighted by Crippen LogP contribution is -2.07. The fourth-order valence-electron chi connectivity index (χ4n) is 1.13. The molecule has 6 nitrogen and oxygen atoms in total. The molecule has 0 aromatic heterocycles. The smallest absolute Gasteiger partial charge is 0.235 e. The van der Waals surface area contributed by atoms with Crippen molar-refractivity contribution in [2.45, 2.75) is 0 Å². The van der Waals surface area contributed by atoms with Crippen LogP contribution >= 0.6 is 0 Å². The van der Waals surface area contributed by atoms with Gasteiger partial charge in [0.05, 0.1) is 18.1 Å². The second-order valence-corrected chi connectivity index (χ2v) is 3.33. The van der Waals surface area contributed by atoms with Crippen LogP contribution in [-0.4, -0.2) is 32.0 Å². The maximum atomic E-state index is 10.1. The minimum Gasteiger partial charge on any atom is -0.468 e. The summed E-state index contributed by atoms with van der Waals surface area (Å²) in [4.78, 5) is 9.63. The first-order chi connectivity index (χ1) is 8.72. The number of nitro groups is 1. The normalized spacial score (nSPS) is 10.7. The molecule has 6 heteroatoms. The van der Waals surface area contributed by atoms with Crippen molar-refractivity contribution in [3.8, 4) is 5.75 Å². The molecule has 0 unspecified atom stereocenters. The first-order valence-corrected chi connectivity index (χ1v) is 5.33. The van der Waals surface area contributed by atoms with Crippen molar-refractivity contribution in [3.63, 3.8) is 0 Å². The van der Waals surface area contributed by atoms with Gasteiger partial charge in [0.2, 0.25) is 6.20 Å². The fraction of sp³-hybridized carbons (Fsp3) is 0.333. The first-order valence-electron chi connectivity index (χ1n) is 5.33. The van der Waals surface area contributed by atoms with E-state index in [1.54, 1.807) is 31.4 Å². The van der Waals surface area contributed by atoms with E-state index in [2.05, 4.69) is 0 Å². The Balaban J connectivity index is 2.34. The standard InChI is InChI=1S/C12H15NO5/c1-16-8-9-17-10-18-12-4-2-11(3-5-12)6-7-13(14)15/h2-7H,8-10H2,1H3/b7-6+. The minimum absolute atomic E-state index is 0.146. The molecule has 1 aromatic rings. The van der Waals surface area contributed by atoms with E-state index in [4.69, 9.17) is 14.2 Å². The van der Waals surface area contributed by atoms with Crippen molar-refractivity contribution in [1.82, 2.24) is 0 Å². The lowest BCUT2D eigenvalue weighted by molar-refractivity contribution is -0.400. The Morgan fingerprint density at radius 1 is 1.28 bits per heavy atom. The number of rotatable bonds is 8. The SMILES string of the molecule is COCCOCOc1ccc(/C=C/[N+](=O)[O-])cc1. The topological polar surface area (TPSA) is 70.8 Å². The fourth-order valence-corrected chi connectivity index (χ4v) is 1.13. The highest BCUT2D eigenvalue weighted by molar-refractivity contribution is 5.49. The molecule has 0 aliphatic carbocycles. The van der Waals surface area contributed by atoms with E-state index in [0.717, 1.165) is 11.8 Å². The molecule has 0 radical (unpaired) electrons. The van der Waals surface area contributed by atoms with Gasteiger partial charge in [-0.1, -0.05) is 12.1 Å². The molecule has 0 atom stereocenters. The van der Waals surface area contributed by atoms with Crippen LogP contribution in [0.4, 0.5) is 0 Å². The number of benzene rings is 1. The zero-order valence-electron chi connectivity index (χ0n) is 10.1. The summed E-state index contributed by atoms with van der Waals surface area (Å²) in [7, 11) is 1.60. The van der Waals surface area contributed by atoms with Gasteiger partial charge in [0.15, 0.2) is 6.79 Å². The van der Waals surface area contributed by atoms with Gasteiger partial charge in [-0.15, -0.1) is 0 Å². The molecule has 98 valence electrons. The van der Waals surface area contributed by atoms with Crippen LogP contribution in [-0.2, 0) is 9.47 Å². The summed E-state index contributed by atoms with van der Waals surface area (Å²) in [5.41, 5.74) is 0.736. The van der Waals surface area contributed by atoms with Crippen molar-refractivity contribution in [1.29, 1.82) is 0 Å². The predicted molar refractivity (Wildman–Crippen MR) is 65.8 cm³/mol. The molecule has 0 heterocycles. The third-order valence-corrected chi connectivity index (χ3v) is 2.01. The molecule has 0 aliphatic rings. The van der Waals surface area contributed by atoms with Gasteiger partial charge in [0, 0.05) is 13.2 Å². The minimum atomic E-state index is -0.506. The molecule has 1 aromatic carbocycles. The highest BCUT2D eigenvalue weighted by atomic mass is 16.7. The summed E-state index contributed by atoms with van der Waals surface area (Å²) in [5, 5.41) is 10.1. The molecule has 0 saturated carbocycles. The molecule has 0 aliphatic heterocycles. The Morgan fingerprint density at radius 2 is 2.00 bits per heavy atom. The molecule has 0 amide bonds. The zero-order valence-corrected chi connectivity index (χ0v) is 10.1. The molecular formula is C12H15NO5. The molecule has 0 saturated heterocycles. The molecular weight excluding hydrogens is 238 g/mol. The van der Waals surface area contributed by atoms with Crippen LogP contribution in [0, 0.1) is 10.1 Å². The number of hydrogen-bond donors (Lipinski definition) is 0. The molecule has 1 rings (SSSR count). The van der Waals surface area contributed by atoms with Gasteiger partial charge in [0.1, 0.15) is 5.75 Å². The van der Waals surface area contributed by atoms with Crippen molar-refractivity contribution in [2.75, 3.05) is 27.1 Å². The third-order valence-electron chi connectivity index (χ3n) is 2.01. The van der Waals surface area contributed by atoms with E-state index in [9.17, 15) is 10.1 Å². The summed E-state index contributed by atoms with van der Waals surface area (Å²) in [6, 6.07) is 6.90.